The normalized spacial score (nSPS) is 19.1. The summed E-state index contributed by atoms with van der Waals surface area (Å²) in [6.07, 6.45) is 6.44. The lowest BCUT2D eigenvalue weighted by molar-refractivity contribution is 0.679. The zero-order valence-corrected chi connectivity index (χ0v) is 18.4. The average Bonchev–Trinajstić information content (AvgIpc) is 2.92. The fourth-order valence-corrected chi connectivity index (χ4v) is 8.54. The molecule has 3 aromatic carbocycles. The fraction of sp³-hybridized carbons (Fsp3) is 0.280. The standard InChI is InChI=1S/C25H26S3/c1-4-12-21(13-5-1)26-24-18-10-11-19-25(20-24,27-22-14-6-2-7-15-22)28-23-16-8-3-9-17-23/h1-9,12-17,24H,10-11,18-20H2. The summed E-state index contributed by atoms with van der Waals surface area (Å²) in [6, 6.07) is 32.9. The number of rotatable bonds is 6. The summed E-state index contributed by atoms with van der Waals surface area (Å²) in [5.74, 6) is 0. The third-order valence-electron chi connectivity index (χ3n) is 5.01. The van der Waals surface area contributed by atoms with E-state index in [-0.39, 0.29) is 4.08 Å². The molecular weight excluding hydrogens is 396 g/mol. The summed E-state index contributed by atoms with van der Waals surface area (Å²) in [6.45, 7) is 0. The number of thioether (sulfide) groups is 3. The van der Waals surface area contributed by atoms with Crippen molar-refractivity contribution in [1.29, 1.82) is 0 Å². The van der Waals surface area contributed by atoms with Crippen LogP contribution < -0.4 is 0 Å². The second-order valence-corrected chi connectivity index (χ2v) is 11.8. The highest BCUT2D eigenvalue weighted by Crippen LogP contribution is 2.55. The molecule has 3 aromatic rings. The Morgan fingerprint density at radius 1 is 0.607 bits per heavy atom. The molecular formula is C25H26S3. The van der Waals surface area contributed by atoms with E-state index in [0.29, 0.717) is 5.25 Å². The molecule has 1 unspecified atom stereocenters. The van der Waals surface area contributed by atoms with Crippen LogP contribution in [-0.2, 0) is 0 Å². The zero-order chi connectivity index (χ0) is 19.1. The molecule has 1 fully saturated rings. The third-order valence-corrected chi connectivity index (χ3v) is 9.29. The van der Waals surface area contributed by atoms with Gasteiger partial charge in [-0.1, -0.05) is 67.4 Å². The Labute approximate surface area is 181 Å². The van der Waals surface area contributed by atoms with Crippen LogP contribution in [0.3, 0.4) is 0 Å². The maximum absolute atomic E-state index is 2.27. The van der Waals surface area contributed by atoms with Gasteiger partial charge in [-0.15, -0.1) is 35.3 Å². The predicted octanol–water partition coefficient (Wildman–Crippen LogP) is 8.39. The van der Waals surface area contributed by atoms with Gasteiger partial charge in [-0.25, -0.2) is 0 Å². The highest BCUT2D eigenvalue weighted by Gasteiger charge is 2.37. The number of hydrogen-bond acceptors (Lipinski definition) is 3. The van der Waals surface area contributed by atoms with Crippen LogP contribution in [0.15, 0.2) is 106 Å². The highest BCUT2D eigenvalue weighted by molar-refractivity contribution is 8.18. The maximum Gasteiger partial charge on any atom is 0.0715 e. The Kier molecular flexibility index (Phi) is 7.11. The molecule has 1 aliphatic carbocycles. The van der Waals surface area contributed by atoms with Gasteiger partial charge < -0.3 is 0 Å². The van der Waals surface area contributed by atoms with Gasteiger partial charge in [0.1, 0.15) is 0 Å². The van der Waals surface area contributed by atoms with Gasteiger partial charge in [0.25, 0.3) is 0 Å². The smallest absolute Gasteiger partial charge is 0.0715 e. The van der Waals surface area contributed by atoms with Gasteiger partial charge >= 0.3 is 0 Å². The van der Waals surface area contributed by atoms with Crippen LogP contribution in [0.2, 0.25) is 0 Å². The van der Waals surface area contributed by atoms with E-state index in [1.54, 1.807) is 0 Å². The highest BCUT2D eigenvalue weighted by atomic mass is 32.2. The van der Waals surface area contributed by atoms with E-state index in [2.05, 4.69) is 126 Å². The molecule has 0 bridgehead atoms. The summed E-state index contributed by atoms with van der Waals surface area (Å²) < 4.78 is 0.186. The van der Waals surface area contributed by atoms with Crippen molar-refractivity contribution >= 4 is 35.3 Å². The average molecular weight is 423 g/mol. The number of hydrogen-bond donors (Lipinski definition) is 0. The molecule has 4 rings (SSSR count). The van der Waals surface area contributed by atoms with E-state index in [1.165, 1.54) is 46.8 Å². The van der Waals surface area contributed by atoms with Crippen LogP contribution >= 0.6 is 35.3 Å². The van der Waals surface area contributed by atoms with Gasteiger partial charge in [-0.2, -0.15) is 0 Å². The van der Waals surface area contributed by atoms with Crippen LogP contribution in [-0.4, -0.2) is 9.33 Å². The van der Waals surface area contributed by atoms with Crippen molar-refractivity contribution < 1.29 is 0 Å². The molecule has 0 heterocycles. The monoisotopic (exact) mass is 422 g/mol. The van der Waals surface area contributed by atoms with Gasteiger partial charge in [0.2, 0.25) is 0 Å². The Balaban J connectivity index is 1.60. The van der Waals surface area contributed by atoms with E-state index in [0.717, 1.165) is 0 Å². The van der Waals surface area contributed by atoms with E-state index >= 15 is 0 Å². The number of benzene rings is 3. The van der Waals surface area contributed by atoms with Crippen molar-refractivity contribution in [2.24, 2.45) is 0 Å². The Morgan fingerprint density at radius 3 is 1.64 bits per heavy atom. The van der Waals surface area contributed by atoms with Gasteiger partial charge in [0.15, 0.2) is 0 Å². The molecule has 0 saturated heterocycles. The van der Waals surface area contributed by atoms with E-state index in [1.807, 2.05) is 0 Å². The van der Waals surface area contributed by atoms with Gasteiger partial charge in [0.05, 0.1) is 4.08 Å². The quantitative estimate of drug-likeness (QED) is 0.289. The lowest BCUT2D eigenvalue weighted by Gasteiger charge is -2.34. The second kappa shape index (κ2) is 9.96. The van der Waals surface area contributed by atoms with E-state index in [9.17, 15) is 0 Å². The van der Waals surface area contributed by atoms with Crippen LogP contribution in [0.1, 0.15) is 32.1 Å². The molecule has 0 radical (unpaired) electrons. The second-order valence-electron chi connectivity index (χ2n) is 7.24. The van der Waals surface area contributed by atoms with Gasteiger partial charge in [0, 0.05) is 19.9 Å². The third kappa shape index (κ3) is 5.62. The predicted molar refractivity (Wildman–Crippen MR) is 127 cm³/mol. The first kappa shape index (κ1) is 20.0. The molecule has 1 aliphatic rings. The van der Waals surface area contributed by atoms with Crippen LogP contribution in [0.25, 0.3) is 0 Å². The summed E-state index contributed by atoms with van der Waals surface area (Å²) in [4.78, 5) is 4.17. The first-order valence-electron chi connectivity index (χ1n) is 10.0. The molecule has 0 aromatic heterocycles. The molecule has 3 heteroatoms. The minimum absolute atomic E-state index is 0.186. The molecule has 0 amide bonds. The van der Waals surface area contributed by atoms with Crippen molar-refractivity contribution in [3.05, 3.63) is 91.0 Å². The van der Waals surface area contributed by atoms with E-state index in [4.69, 9.17) is 0 Å². The first-order valence-corrected chi connectivity index (χ1v) is 12.5. The summed E-state index contributed by atoms with van der Waals surface area (Å²) in [7, 11) is 0. The Morgan fingerprint density at radius 2 is 1.11 bits per heavy atom. The van der Waals surface area contributed by atoms with E-state index < -0.39 is 0 Å². The zero-order valence-electron chi connectivity index (χ0n) is 16.0. The molecule has 144 valence electrons. The van der Waals surface area contributed by atoms with Crippen LogP contribution in [0.5, 0.6) is 0 Å². The molecule has 0 N–H and O–H groups in total. The van der Waals surface area contributed by atoms with Crippen LogP contribution in [0.4, 0.5) is 0 Å². The van der Waals surface area contributed by atoms with Gasteiger partial charge in [-0.3, -0.25) is 0 Å². The van der Waals surface area contributed by atoms with Gasteiger partial charge in [-0.05, 0) is 55.7 Å². The summed E-state index contributed by atoms with van der Waals surface area (Å²) >= 11 is 6.24. The topological polar surface area (TPSA) is 0 Å². The Hall–Kier alpha value is -1.29. The minimum Gasteiger partial charge on any atom is -0.123 e. The maximum atomic E-state index is 2.27. The lowest BCUT2D eigenvalue weighted by Crippen LogP contribution is -2.23. The van der Waals surface area contributed by atoms with Crippen molar-refractivity contribution in [1.82, 2.24) is 0 Å². The van der Waals surface area contributed by atoms with Crippen molar-refractivity contribution in [2.75, 3.05) is 0 Å². The van der Waals surface area contributed by atoms with Crippen LogP contribution in [0, 0.1) is 0 Å². The Bertz CT molecular complexity index is 792. The van der Waals surface area contributed by atoms with Crippen molar-refractivity contribution in [3.63, 3.8) is 0 Å². The largest absolute Gasteiger partial charge is 0.123 e. The summed E-state index contributed by atoms with van der Waals surface area (Å²) in [5, 5.41) is 0.664. The SMILES string of the molecule is c1ccc(SC2CCCCC(Sc3ccccc3)(Sc3ccccc3)C2)cc1. The minimum atomic E-state index is 0.186. The molecule has 0 nitrogen and oxygen atoms in total. The van der Waals surface area contributed by atoms with Crippen molar-refractivity contribution in [2.45, 2.75) is 56.1 Å². The fourth-order valence-electron chi connectivity index (χ4n) is 3.72. The molecule has 0 spiro atoms. The lowest BCUT2D eigenvalue weighted by atomic mass is 10.2. The first-order chi connectivity index (χ1) is 13.8. The molecule has 1 saturated carbocycles. The molecule has 1 atom stereocenters. The molecule has 28 heavy (non-hydrogen) atoms. The molecule has 0 aliphatic heterocycles. The summed E-state index contributed by atoms with van der Waals surface area (Å²) in [5.41, 5.74) is 0. The van der Waals surface area contributed by atoms with Crippen molar-refractivity contribution in [3.8, 4) is 0 Å².